The number of nitrogen functional groups attached to an aromatic ring is 1. The van der Waals surface area contributed by atoms with Crippen LogP contribution in [0.25, 0.3) is 0 Å². The number of benzene rings is 1. The molecular weight excluding hydrogens is 278 g/mol. The van der Waals surface area contributed by atoms with Crippen molar-refractivity contribution in [1.82, 2.24) is 9.97 Å². The van der Waals surface area contributed by atoms with E-state index >= 15 is 0 Å². The molecule has 116 valence electrons. The second kappa shape index (κ2) is 7.40. The monoisotopic (exact) mass is 299 g/mol. The topological polar surface area (TPSA) is 85.4 Å². The lowest BCUT2D eigenvalue weighted by Crippen LogP contribution is -2.12. The van der Waals surface area contributed by atoms with Gasteiger partial charge >= 0.3 is 0 Å². The van der Waals surface area contributed by atoms with E-state index < -0.39 is 0 Å². The number of ether oxygens (including phenoxy) is 1. The van der Waals surface area contributed by atoms with Crippen LogP contribution in [0.3, 0.4) is 0 Å². The van der Waals surface area contributed by atoms with E-state index in [1.165, 1.54) is 6.33 Å². The highest BCUT2D eigenvalue weighted by molar-refractivity contribution is 5.91. The number of aromatic nitrogens is 2. The van der Waals surface area contributed by atoms with Crippen LogP contribution in [0.1, 0.15) is 31.0 Å². The molecular formula is C16H21N5O. The molecule has 6 heteroatoms. The molecule has 0 saturated carbocycles. The molecule has 1 aromatic carbocycles. The number of nitrogens with zero attached hydrogens (tertiary/aromatic N) is 3. The molecule has 0 fully saturated rings. The minimum Gasteiger partial charge on any atom is -0.497 e. The van der Waals surface area contributed by atoms with Gasteiger partial charge < -0.3 is 15.8 Å². The summed E-state index contributed by atoms with van der Waals surface area (Å²) in [7, 11) is 1.65. The molecule has 0 bridgehead atoms. The number of anilines is 2. The van der Waals surface area contributed by atoms with Crippen LogP contribution in [-0.4, -0.2) is 29.8 Å². The van der Waals surface area contributed by atoms with Crippen molar-refractivity contribution in [3.63, 3.8) is 0 Å². The van der Waals surface area contributed by atoms with Crippen molar-refractivity contribution in [2.75, 3.05) is 24.7 Å². The van der Waals surface area contributed by atoms with Crippen LogP contribution >= 0.6 is 0 Å². The fraction of sp³-hybridized carbons (Fsp3) is 0.312. The standard InChI is InChI=1S/C16H21N5O/c1-4-18-9-14-15(17)19-10-20-16(14)21-11(2)12-5-7-13(22-3)8-6-12/h5-11H,4H2,1-3H3,(H3,17,19,20,21)/b18-9+/t11-/m0/s1. The van der Waals surface area contributed by atoms with Crippen molar-refractivity contribution in [2.45, 2.75) is 19.9 Å². The van der Waals surface area contributed by atoms with Gasteiger partial charge in [-0.3, -0.25) is 4.99 Å². The largest absolute Gasteiger partial charge is 0.497 e. The Balaban J connectivity index is 2.21. The van der Waals surface area contributed by atoms with Gasteiger partial charge in [0.2, 0.25) is 0 Å². The van der Waals surface area contributed by atoms with Gasteiger partial charge in [-0.2, -0.15) is 0 Å². The molecule has 22 heavy (non-hydrogen) atoms. The number of hydrogen-bond acceptors (Lipinski definition) is 6. The van der Waals surface area contributed by atoms with E-state index in [4.69, 9.17) is 10.5 Å². The van der Waals surface area contributed by atoms with E-state index in [-0.39, 0.29) is 6.04 Å². The second-order valence-corrected chi connectivity index (χ2v) is 4.79. The molecule has 0 aliphatic rings. The quantitative estimate of drug-likeness (QED) is 0.801. The van der Waals surface area contributed by atoms with Gasteiger partial charge in [0.15, 0.2) is 0 Å². The first-order chi connectivity index (χ1) is 10.7. The van der Waals surface area contributed by atoms with Gasteiger partial charge in [0.25, 0.3) is 0 Å². The smallest absolute Gasteiger partial charge is 0.140 e. The summed E-state index contributed by atoms with van der Waals surface area (Å²) in [5.74, 6) is 1.92. The van der Waals surface area contributed by atoms with Crippen LogP contribution in [0.5, 0.6) is 5.75 Å². The molecule has 0 spiro atoms. The Morgan fingerprint density at radius 3 is 2.68 bits per heavy atom. The van der Waals surface area contributed by atoms with Crippen LogP contribution < -0.4 is 15.8 Å². The maximum Gasteiger partial charge on any atom is 0.140 e. The minimum atomic E-state index is 0.0639. The first-order valence-corrected chi connectivity index (χ1v) is 7.16. The van der Waals surface area contributed by atoms with Gasteiger partial charge in [-0.1, -0.05) is 12.1 Å². The average molecular weight is 299 g/mol. The van der Waals surface area contributed by atoms with E-state index in [2.05, 4.69) is 27.2 Å². The number of nitrogens with two attached hydrogens (primary N) is 1. The number of rotatable bonds is 6. The molecule has 1 aromatic heterocycles. The summed E-state index contributed by atoms with van der Waals surface area (Å²) >= 11 is 0. The van der Waals surface area contributed by atoms with Crippen molar-refractivity contribution in [3.05, 3.63) is 41.7 Å². The Kier molecular flexibility index (Phi) is 5.30. The predicted molar refractivity (Wildman–Crippen MR) is 89.6 cm³/mol. The molecule has 0 aliphatic carbocycles. The SMILES string of the molecule is CC/N=C/c1c(N)ncnc1N[C@@H](C)c1ccc(OC)cc1. The van der Waals surface area contributed by atoms with Crippen molar-refractivity contribution < 1.29 is 4.74 Å². The number of methoxy groups -OCH3 is 1. The Labute approximate surface area is 130 Å². The fourth-order valence-corrected chi connectivity index (χ4v) is 2.02. The zero-order chi connectivity index (χ0) is 15.9. The maximum atomic E-state index is 5.92. The summed E-state index contributed by atoms with van der Waals surface area (Å²) in [5, 5.41) is 3.35. The Hall–Kier alpha value is -2.63. The Morgan fingerprint density at radius 1 is 1.32 bits per heavy atom. The summed E-state index contributed by atoms with van der Waals surface area (Å²) in [4.78, 5) is 12.5. The van der Waals surface area contributed by atoms with Crippen LogP contribution in [0, 0.1) is 0 Å². The van der Waals surface area contributed by atoms with E-state index in [1.54, 1.807) is 13.3 Å². The van der Waals surface area contributed by atoms with Crippen molar-refractivity contribution in [2.24, 2.45) is 4.99 Å². The average Bonchev–Trinajstić information content (AvgIpc) is 2.54. The van der Waals surface area contributed by atoms with Gasteiger partial charge in [0.05, 0.1) is 12.7 Å². The summed E-state index contributed by atoms with van der Waals surface area (Å²) < 4.78 is 5.17. The van der Waals surface area contributed by atoms with Crippen LogP contribution in [0.2, 0.25) is 0 Å². The normalized spacial score (nSPS) is 12.3. The maximum absolute atomic E-state index is 5.92. The van der Waals surface area contributed by atoms with E-state index in [0.29, 0.717) is 23.7 Å². The summed E-state index contributed by atoms with van der Waals surface area (Å²) in [6, 6.07) is 7.96. The third-order valence-electron chi connectivity index (χ3n) is 3.29. The molecule has 1 heterocycles. The highest BCUT2D eigenvalue weighted by Gasteiger charge is 2.11. The van der Waals surface area contributed by atoms with Crippen molar-refractivity contribution >= 4 is 17.9 Å². The van der Waals surface area contributed by atoms with E-state index in [0.717, 1.165) is 11.3 Å². The van der Waals surface area contributed by atoms with Gasteiger partial charge in [-0.05, 0) is 31.5 Å². The highest BCUT2D eigenvalue weighted by atomic mass is 16.5. The van der Waals surface area contributed by atoms with Crippen LogP contribution in [-0.2, 0) is 0 Å². The molecule has 0 unspecified atom stereocenters. The summed E-state index contributed by atoms with van der Waals surface area (Å²) in [5.41, 5.74) is 7.75. The lowest BCUT2D eigenvalue weighted by atomic mass is 10.1. The third-order valence-corrected chi connectivity index (χ3v) is 3.29. The summed E-state index contributed by atoms with van der Waals surface area (Å²) in [6.07, 6.45) is 3.15. The molecule has 0 aliphatic heterocycles. The van der Waals surface area contributed by atoms with Crippen molar-refractivity contribution in [3.8, 4) is 5.75 Å². The fourth-order valence-electron chi connectivity index (χ4n) is 2.02. The van der Waals surface area contributed by atoms with E-state index in [1.807, 2.05) is 31.2 Å². The molecule has 0 saturated heterocycles. The molecule has 2 aromatic rings. The molecule has 0 radical (unpaired) electrons. The lowest BCUT2D eigenvalue weighted by Gasteiger charge is -2.17. The first-order valence-electron chi connectivity index (χ1n) is 7.16. The van der Waals surface area contributed by atoms with Gasteiger partial charge in [-0.15, -0.1) is 0 Å². The second-order valence-electron chi connectivity index (χ2n) is 4.79. The predicted octanol–water partition coefficient (Wildman–Crippen LogP) is 2.68. The number of nitrogens with one attached hydrogen (secondary N) is 1. The number of hydrogen-bond donors (Lipinski definition) is 2. The first kappa shape index (κ1) is 15.8. The zero-order valence-corrected chi connectivity index (χ0v) is 13.1. The van der Waals surface area contributed by atoms with Gasteiger partial charge in [0, 0.05) is 18.8 Å². The molecule has 2 rings (SSSR count). The van der Waals surface area contributed by atoms with Crippen LogP contribution in [0.15, 0.2) is 35.6 Å². The zero-order valence-electron chi connectivity index (χ0n) is 13.1. The van der Waals surface area contributed by atoms with Gasteiger partial charge in [-0.25, -0.2) is 9.97 Å². The van der Waals surface area contributed by atoms with Crippen LogP contribution in [0.4, 0.5) is 11.6 Å². The third kappa shape index (κ3) is 3.72. The molecule has 1 atom stereocenters. The molecule has 6 nitrogen and oxygen atoms in total. The minimum absolute atomic E-state index is 0.0639. The molecule has 3 N–H and O–H groups in total. The summed E-state index contributed by atoms with van der Waals surface area (Å²) in [6.45, 7) is 4.70. The highest BCUT2D eigenvalue weighted by Crippen LogP contribution is 2.23. The van der Waals surface area contributed by atoms with Gasteiger partial charge in [0.1, 0.15) is 23.7 Å². The lowest BCUT2D eigenvalue weighted by molar-refractivity contribution is 0.414. The van der Waals surface area contributed by atoms with Crippen molar-refractivity contribution in [1.29, 1.82) is 0 Å². The Bertz CT molecular complexity index is 639. The Morgan fingerprint density at radius 2 is 2.05 bits per heavy atom. The molecule has 0 amide bonds. The van der Waals surface area contributed by atoms with E-state index in [9.17, 15) is 0 Å². The number of aliphatic imine (C=N–C) groups is 1.